The highest BCUT2D eigenvalue weighted by Crippen LogP contribution is 2.27. The van der Waals surface area contributed by atoms with Crippen molar-refractivity contribution >= 4 is 23.4 Å². The van der Waals surface area contributed by atoms with Crippen molar-refractivity contribution in [3.05, 3.63) is 54.4 Å². The van der Waals surface area contributed by atoms with Crippen LogP contribution in [0.4, 0.5) is 0 Å². The molecule has 0 radical (unpaired) electrons. The normalized spacial score (nSPS) is 16.3. The third kappa shape index (κ3) is 4.28. The zero-order valence-electron chi connectivity index (χ0n) is 15.4. The summed E-state index contributed by atoms with van der Waals surface area (Å²) in [6, 6.07) is 15.9. The van der Waals surface area contributed by atoms with E-state index in [0.717, 1.165) is 23.5 Å². The van der Waals surface area contributed by atoms with E-state index in [1.54, 1.807) is 6.33 Å². The Morgan fingerprint density at radius 2 is 1.88 bits per heavy atom. The number of imidazole rings is 1. The Balaban J connectivity index is 0.00000196. The van der Waals surface area contributed by atoms with E-state index in [1.807, 2.05) is 0 Å². The molecule has 1 fully saturated rings. The van der Waals surface area contributed by atoms with Crippen molar-refractivity contribution in [2.45, 2.75) is 51.6 Å². The Morgan fingerprint density at radius 3 is 2.73 bits per heavy atom. The number of hydrogen-bond acceptors (Lipinski definition) is 2. The maximum Gasteiger partial charge on any atom is 0.0931 e. The molecule has 0 unspecified atom stereocenters. The summed E-state index contributed by atoms with van der Waals surface area (Å²) in [4.78, 5) is 7.50. The lowest BCUT2D eigenvalue weighted by atomic mass is 9.84. The fraction of sp³-hybridized carbons (Fsp3) is 0.409. The number of benzene rings is 2. The van der Waals surface area contributed by atoms with Crippen LogP contribution in [0.3, 0.4) is 0 Å². The average molecular weight is 370 g/mol. The summed E-state index contributed by atoms with van der Waals surface area (Å²) in [7, 11) is 0. The van der Waals surface area contributed by atoms with E-state index in [1.165, 1.54) is 48.8 Å². The summed E-state index contributed by atoms with van der Waals surface area (Å²) in [5.74, 6) is 0.847. The van der Waals surface area contributed by atoms with E-state index >= 15 is 0 Å². The van der Waals surface area contributed by atoms with Crippen molar-refractivity contribution in [2.75, 3.05) is 0 Å². The molecule has 2 N–H and O–H groups in total. The number of aromatic amines is 1. The van der Waals surface area contributed by atoms with Gasteiger partial charge in [0.25, 0.3) is 0 Å². The van der Waals surface area contributed by atoms with Gasteiger partial charge in [-0.25, -0.2) is 4.98 Å². The average Bonchev–Trinajstić information content (AvgIpc) is 3.15. The van der Waals surface area contributed by atoms with Crippen molar-refractivity contribution in [1.82, 2.24) is 15.3 Å². The SMILES string of the molecule is C[C@H](NCc1cccc(-c2ccc3nc[nH]c3c2)c1)C1CCCCC1.Cl. The molecule has 1 heterocycles. The number of nitrogens with one attached hydrogen (secondary N) is 2. The molecule has 26 heavy (non-hydrogen) atoms. The Morgan fingerprint density at radius 1 is 1.08 bits per heavy atom. The van der Waals surface area contributed by atoms with Crippen LogP contribution < -0.4 is 5.32 Å². The third-order valence-electron chi connectivity index (χ3n) is 5.67. The Bertz CT molecular complexity index is 836. The highest BCUT2D eigenvalue weighted by atomic mass is 35.5. The largest absolute Gasteiger partial charge is 0.345 e. The molecule has 1 atom stereocenters. The summed E-state index contributed by atoms with van der Waals surface area (Å²) in [5, 5.41) is 3.76. The maximum absolute atomic E-state index is 4.30. The van der Waals surface area contributed by atoms with Crippen LogP contribution in [0.15, 0.2) is 48.8 Å². The molecule has 0 saturated heterocycles. The molecule has 1 aliphatic carbocycles. The van der Waals surface area contributed by atoms with Crippen molar-refractivity contribution in [2.24, 2.45) is 5.92 Å². The second-order valence-corrected chi connectivity index (χ2v) is 7.40. The lowest BCUT2D eigenvalue weighted by Crippen LogP contribution is -2.34. The van der Waals surface area contributed by atoms with Crippen LogP contribution >= 0.6 is 12.4 Å². The van der Waals surface area contributed by atoms with Crippen molar-refractivity contribution < 1.29 is 0 Å². The van der Waals surface area contributed by atoms with E-state index in [-0.39, 0.29) is 12.4 Å². The van der Waals surface area contributed by atoms with Crippen molar-refractivity contribution in [3.8, 4) is 11.1 Å². The second-order valence-electron chi connectivity index (χ2n) is 7.40. The molecule has 0 amide bonds. The zero-order valence-corrected chi connectivity index (χ0v) is 16.2. The van der Waals surface area contributed by atoms with E-state index in [4.69, 9.17) is 0 Å². The number of hydrogen-bond donors (Lipinski definition) is 2. The highest BCUT2D eigenvalue weighted by Gasteiger charge is 2.19. The minimum Gasteiger partial charge on any atom is -0.345 e. The van der Waals surface area contributed by atoms with Gasteiger partial charge < -0.3 is 10.3 Å². The van der Waals surface area contributed by atoms with Gasteiger partial charge in [0.1, 0.15) is 0 Å². The van der Waals surface area contributed by atoms with Gasteiger partial charge in [0.2, 0.25) is 0 Å². The van der Waals surface area contributed by atoms with Gasteiger partial charge in [0.15, 0.2) is 0 Å². The molecule has 3 nitrogen and oxygen atoms in total. The highest BCUT2D eigenvalue weighted by molar-refractivity contribution is 5.85. The van der Waals surface area contributed by atoms with Gasteiger partial charge in [-0.3, -0.25) is 0 Å². The Kier molecular flexibility index (Phi) is 6.33. The minimum absolute atomic E-state index is 0. The molecular weight excluding hydrogens is 342 g/mol. The summed E-state index contributed by atoms with van der Waals surface area (Å²) < 4.78 is 0. The lowest BCUT2D eigenvalue weighted by Gasteiger charge is -2.28. The molecule has 3 aromatic rings. The molecule has 4 rings (SSSR count). The van der Waals surface area contributed by atoms with Crippen LogP contribution in [0.25, 0.3) is 22.2 Å². The first kappa shape index (κ1) is 18.9. The first-order chi connectivity index (χ1) is 12.3. The third-order valence-corrected chi connectivity index (χ3v) is 5.67. The number of halogens is 1. The molecule has 0 spiro atoms. The topological polar surface area (TPSA) is 40.7 Å². The van der Waals surface area contributed by atoms with Gasteiger partial charge >= 0.3 is 0 Å². The molecule has 0 bridgehead atoms. The number of fused-ring (bicyclic) bond motifs is 1. The van der Waals surface area contributed by atoms with Crippen LogP contribution in [-0.4, -0.2) is 16.0 Å². The van der Waals surface area contributed by atoms with Gasteiger partial charge in [0, 0.05) is 12.6 Å². The molecule has 4 heteroatoms. The number of aromatic nitrogens is 2. The fourth-order valence-electron chi connectivity index (χ4n) is 4.06. The number of rotatable bonds is 5. The summed E-state index contributed by atoms with van der Waals surface area (Å²) in [6.45, 7) is 3.30. The van der Waals surface area contributed by atoms with E-state index < -0.39 is 0 Å². The molecular formula is C22H28ClN3. The van der Waals surface area contributed by atoms with Gasteiger partial charge in [-0.05, 0) is 60.6 Å². The van der Waals surface area contributed by atoms with Crippen LogP contribution in [0.5, 0.6) is 0 Å². The van der Waals surface area contributed by atoms with Gasteiger partial charge in [-0.1, -0.05) is 43.5 Å². The smallest absolute Gasteiger partial charge is 0.0931 e. The lowest BCUT2D eigenvalue weighted by molar-refractivity contribution is 0.280. The van der Waals surface area contributed by atoms with Crippen molar-refractivity contribution in [1.29, 1.82) is 0 Å². The standard InChI is InChI=1S/C22H27N3.ClH/c1-16(18-7-3-2-4-8-18)23-14-17-6-5-9-19(12-17)20-10-11-21-22(13-20)25-15-24-21;/h5-6,9-13,15-16,18,23H,2-4,7-8,14H2,1H3,(H,24,25);1H/t16-;/m0./s1. The van der Waals surface area contributed by atoms with Gasteiger partial charge in [-0.2, -0.15) is 0 Å². The molecule has 138 valence electrons. The first-order valence-corrected chi connectivity index (χ1v) is 9.55. The van der Waals surface area contributed by atoms with E-state index in [9.17, 15) is 0 Å². The Hall–Kier alpha value is -1.84. The monoisotopic (exact) mass is 369 g/mol. The first-order valence-electron chi connectivity index (χ1n) is 9.55. The summed E-state index contributed by atoms with van der Waals surface area (Å²) in [6.07, 6.45) is 8.76. The van der Waals surface area contributed by atoms with Crippen LogP contribution in [-0.2, 0) is 6.54 Å². The second kappa shape index (κ2) is 8.70. The van der Waals surface area contributed by atoms with Crippen LogP contribution in [0.1, 0.15) is 44.6 Å². The van der Waals surface area contributed by atoms with Gasteiger partial charge in [0.05, 0.1) is 17.4 Å². The summed E-state index contributed by atoms with van der Waals surface area (Å²) >= 11 is 0. The predicted molar refractivity (Wildman–Crippen MR) is 112 cm³/mol. The molecule has 0 aliphatic heterocycles. The molecule has 1 aromatic heterocycles. The van der Waals surface area contributed by atoms with Crippen molar-refractivity contribution in [3.63, 3.8) is 0 Å². The minimum atomic E-state index is 0. The number of H-pyrrole nitrogens is 1. The van der Waals surface area contributed by atoms with Gasteiger partial charge in [-0.15, -0.1) is 12.4 Å². The van der Waals surface area contributed by atoms with Crippen LogP contribution in [0, 0.1) is 5.92 Å². The number of nitrogens with zero attached hydrogens (tertiary/aromatic N) is 1. The van der Waals surface area contributed by atoms with E-state index in [0.29, 0.717) is 6.04 Å². The molecule has 1 saturated carbocycles. The van der Waals surface area contributed by atoms with Crippen LogP contribution in [0.2, 0.25) is 0 Å². The Labute approximate surface area is 162 Å². The molecule has 1 aliphatic rings. The summed E-state index contributed by atoms with van der Waals surface area (Å²) in [5.41, 5.74) is 5.96. The predicted octanol–water partition coefficient (Wildman–Crippen LogP) is 5.71. The quantitative estimate of drug-likeness (QED) is 0.604. The maximum atomic E-state index is 4.30. The van der Waals surface area contributed by atoms with E-state index in [2.05, 4.69) is 64.7 Å². The fourth-order valence-corrected chi connectivity index (χ4v) is 4.06. The molecule has 2 aromatic carbocycles. The zero-order chi connectivity index (χ0) is 17.1.